The highest BCUT2D eigenvalue weighted by atomic mass is 28.4. The molecule has 0 bridgehead atoms. The fraction of sp³-hybridized carbons (Fsp3) is 0.714. The number of ether oxygens (including phenoxy) is 1. The van der Waals surface area contributed by atoms with Crippen LogP contribution < -0.4 is 16.6 Å². The van der Waals surface area contributed by atoms with E-state index < -0.39 is 43.5 Å². The Morgan fingerprint density at radius 1 is 1.30 bits per heavy atom. The van der Waals surface area contributed by atoms with Crippen molar-refractivity contribution < 1.29 is 14.3 Å². The summed E-state index contributed by atoms with van der Waals surface area (Å²) in [4.78, 5) is 26.0. The van der Waals surface area contributed by atoms with E-state index in [2.05, 4.69) is 57.8 Å². The lowest BCUT2D eigenvalue weighted by molar-refractivity contribution is -0.0465. The van der Waals surface area contributed by atoms with Crippen LogP contribution in [0, 0.1) is 12.3 Å². The summed E-state index contributed by atoms with van der Waals surface area (Å²) in [5.74, 6) is 2.58. The molecule has 1 aromatic heterocycles. The van der Waals surface area contributed by atoms with E-state index in [-0.39, 0.29) is 6.61 Å². The van der Waals surface area contributed by atoms with E-state index in [4.69, 9.17) is 15.6 Å². The Morgan fingerprint density at radius 2 is 1.87 bits per heavy atom. The van der Waals surface area contributed by atoms with Crippen LogP contribution in [-0.4, -0.2) is 54.4 Å². The van der Waals surface area contributed by atoms with E-state index >= 15 is 0 Å². The first-order valence-electron chi connectivity index (χ1n) is 10.4. The zero-order chi connectivity index (χ0) is 22.9. The van der Waals surface area contributed by atoms with Gasteiger partial charge in [0.05, 0.1) is 6.61 Å². The van der Waals surface area contributed by atoms with Crippen LogP contribution in [0.1, 0.15) is 47.8 Å². The molecule has 0 aliphatic carbocycles. The first-order valence-corrected chi connectivity index (χ1v) is 12.6. The summed E-state index contributed by atoms with van der Waals surface area (Å²) in [5.41, 5.74) is -1.42. The van der Waals surface area contributed by atoms with Crippen molar-refractivity contribution in [1.82, 2.24) is 14.9 Å². The number of aliphatic hydroxyl groups excluding tert-OH is 1. The third kappa shape index (κ3) is 3.95. The SMILES string of the molecule is C#C[C@@]1(NC)[C@H](O)[C@@H](CO[Si](C(C)C)(C(C)C)C(C)C)O[C@H]1n1ccc(=O)[nH]c1=O. The molecular formula is C21H35N3O5Si. The van der Waals surface area contributed by atoms with Crippen molar-refractivity contribution in [2.24, 2.45) is 0 Å². The smallest absolute Gasteiger partial charge is 0.330 e. The predicted molar refractivity (Wildman–Crippen MR) is 119 cm³/mol. The molecule has 1 aliphatic rings. The standard InChI is InChI=1S/C21H35N3O5Si/c1-9-21(22-8)18(26)16(12-28-30(13(2)3,14(4)5)15(6)7)29-19(21)24-11-10-17(25)23-20(24)27/h1,10-11,13-16,18-19,22,26H,12H2,2-8H3,(H,23,25,27)/t16-,18-,19-,21-/m1/s1. The Hall–Kier alpha value is -1.70. The number of terminal acetylenes is 1. The number of aliphatic hydroxyl groups is 1. The fourth-order valence-corrected chi connectivity index (χ4v) is 10.5. The first kappa shape index (κ1) is 24.6. The molecule has 1 aliphatic heterocycles. The number of nitrogens with one attached hydrogen (secondary N) is 2. The Bertz CT molecular complexity index is 866. The Kier molecular flexibility index (Phi) is 7.53. The van der Waals surface area contributed by atoms with Gasteiger partial charge < -0.3 is 14.3 Å². The van der Waals surface area contributed by atoms with E-state index in [0.717, 1.165) is 0 Å². The quantitative estimate of drug-likeness (QED) is 0.421. The number of rotatable bonds is 8. The number of hydrogen-bond acceptors (Lipinski definition) is 6. The zero-order valence-corrected chi connectivity index (χ0v) is 19.9. The van der Waals surface area contributed by atoms with Gasteiger partial charge in [0.25, 0.3) is 5.56 Å². The molecule has 9 heteroatoms. The van der Waals surface area contributed by atoms with Crippen molar-refractivity contribution >= 4 is 8.32 Å². The van der Waals surface area contributed by atoms with Crippen LogP contribution in [0.25, 0.3) is 0 Å². The number of aromatic amines is 1. The van der Waals surface area contributed by atoms with Gasteiger partial charge in [0.15, 0.2) is 20.1 Å². The second kappa shape index (κ2) is 9.20. The van der Waals surface area contributed by atoms with E-state index in [1.807, 2.05) is 0 Å². The van der Waals surface area contributed by atoms with Crippen molar-refractivity contribution in [3.05, 3.63) is 33.1 Å². The largest absolute Gasteiger partial charge is 0.413 e. The maximum atomic E-state index is 12.4. The summed E-state index contributed by atoms with van der Waals surface area (Å²) in [5, 5.41) is 14.1. The van der Waals surface area contributed by atoms with Crippen LogP contribution >= 0.6 is 0 Å². The van der Waals surface area contributed by atoms with Crippen LogP contribution in [0.4, 0.5) is 0 Å². The molecule has 0 spiro atoms. The Balaban J connectivity index is 2.41. The van der Waals surface area contributed by atoms with Gasteiger partial charge in [-0.2, -0.15) is 0 Å². The molecule has 1 aromatic rings. The molecule has 1 saturated heterocycles. The van der Waals surface area contributed by atoms with Crippen molar-refractivity contribution in [2.75, 3.05) is 13.7 Å². The van der Waals surface area contributed by atoms with Gasteiger partial charge in [0.1, 0.15) is 12.2 Å². The highest BCUT2D eigenvalue weighted by molar-refractivity contribution is 6.77. The molecule has 2 heterocycles. The fourth-order valence-electron chi connectivity index (χ4n) is 5.04. The van der Waals surface area contributed by atoms with Gasteiger partial charge in [0.2, 0.25) is 0 Å². The second-order valence-electron chi connectivity index (χ2n) is 8.88. The van der Waals surface area contributed by atoms with Gasteiger partial charge in [-0.1, -0.05) is 47.5 Å². The second-order valence-corrected chi connectivity index (χ2v) is 14.3. The van der Waals surface area contributed by atoms with Gasteiger partial charge in [-0.25, -0.2) is 4.79 Å². The minimum absolute atomic E-state index is 0.168. The third-order valence-electron chi connectivity index (χ3n) is 6.47. The molecule has 168 valence electrons. The van der Waals surface area contributed by atoms with Gasteiger partial charge in [-0.15, -0.1) is 6.42 Å². The normalized spacial score (nSPS) is 27.2. The summed E-state index contributed by atoms with van der Waals surface area (Å²) in [7, 11) is -0.584. The number of hydrogen-bond donors (Lipinski definition) is 3. The van der Waals surface area contributed by atoms with Gasteiger partial charge in [0, 0.05) is 12.3 Å². The van der Waals surface area contributed by atoms with E-state index in [9.17, 15) is 14.7 Å². The molecule has 2 rings (SSSR count). The molecule has 1 fully saturated rings. The number of H-pyrrole nitrogens is 1. The maximum absolute atomic E-state index is 12.4. The molecule has 0 aromatic carbocycles. The Morgan fingerprint density at radius 3 is 2.30 bits per heavy atom. The van der Waals surface area contributed by atoms with E-state index in [1.165, 1.54) is 16.8 Å². The molecule has 0 unspecified atom stereocenters. The molecule has 0 amide bonds. The number of likely N-dealkylation sites (N-methyl/N-ethyl adjacent to an activating group) is 1. The van der Waals surface area contributed by atoms with E-state index in [0.29, 0.717) is 16.6 Å². The molecule has 0 saturated carbocycles. The van der Waals surface area contributed by atoms with Crippen molar-refractivity contribution in [1.29, 1.82) is 0 Å². The van der Waals surface area contributed by atoms with Crippen LogP contribution in [0.2, 0.25) is 16.6 Å². The summed E-state index contributed by atoms with van der Waals surface area (Å²) in [6.45, 7) is 13.3. The lowest BCUT2D eigenvalue weighted by Crippen LogP contribution is -2.57. The zero-order valence-electron chi connectivity index (χ0n) is 18.9. The number of aromatic nitrogens is 2. The average Bonchev–Trinajstić information content (AvgIpc) is 2.93. The molecule has 8 nitrogen and oxygen atoms in total. The molecular weight excluding hydrogens is 402 g/mol. The topological polar surface area (TPSA) is 106 Å². The highest BCUT2D eigenvalue weighted by Gasteiger charge is 2.57. The van der Waals surface area contributed by atoms with Crippen LogP contribution in [-0.2, 0) is 9.16 Å². The van der Waals surface area contributed by atoms with Gasteiger partial charge in [-0.3, -0.25) is 19.7 Å². The molecule has 3 N–H and O–H groups in total. The van der Waals surface area contributed by atoms with Gasteiger partial charge >= 0.3 is 5.69 Å². The summed E-state index contributed by atoms with van der Waals surface area (Å²) in [6, 6.07) is 1.21. The Labute approximate surface area is 179 Å². The highest BCUT2D eigenvalue weighted by Crippen LogP contribution is 2.44. The average molecular weight is 438 g/mol. The van der Waals surface area contributed by atoms with Gasteiger partial charge in [-0.05, 0) is 23.7 Å². The summed E-state index contributed by atoms with van der Waals surface area (Å²) < 4.78 is 13.9. The lowest BCUT2D eigenvalue weighted by Gasteiger charge is -2.42. The van der Waals surface area contributed by atoms with Crippen LogP contribution in [0.15, 0.2) is 21.9 Å². The van der Waals surface area contributed by atoms with Crippen LogP contribution in [0.3, 0.4) is 0 Å². The summed E-state index contributed by atoms with van der Waals surface area (Å²) >= 11 is 0. The van der Waals surface area contributed by atoms with Crippen molar-refractivity contribution in [3.63, 3.8) is 0 Å². The van der Waals surface area contributed by atoms with Crippen molar-refractivity contribution in [3.8, 4) is 12.3 Å². The lowest BCUT2D eigenvalue weighted by atomic mass is 9.91. The number of nitrogens with zero attached hydrogens (tertiary/aromatic N) is 1. The first-order chi connectivity index (χ1) is 14.0. The monoisotopic (exact) mass is 437 g/mol. The third-order valence-corrected chi connectivity index (χ3v) is 12.6. The minimum Gasteiger partial charge on any atom is -0.413 e. The predicted octanol–water partition coefficient (Wildman–Crippen LogP) is 1.58. The summed E-state index contributed by atoms with van der Waals surface area (Å²) in [6.07, 6.45) is 4.26. The molecule has 4 atom stereocenters. The minimum atomic E-state index is -2.19. The van der Waals surface area contributed by atoms with Crippen LogP contribution in [0.5, 0.6) is 0 Å². The molecule has 0 radical (unpaired) electrons. The van der Waals surface area contributed by atoms with Crippen molar-refractivity contribution in [2.45, 2.75) is 82.1 Å². The maximum Gasteiger partial charge on any atom is 0.330 e. The van der Waals surface area contributed by atoms with E-state index in [1.54, 1.807) is 7.05 Å². The molecule has 30 heavy (non-hydrogen) atoms.